The van der Waals surface area contributed by atoms with E-state index < -0.39 is 11.9 Å². The highest BCUT2D eigenvalue weighted by atomic mass is 79.9. The molecular weight excluding hydrogens is 436 g/mol. The fourth-order valence-corrected chi connectivity index (χ4v) is 3.00. The number of aromatic carboxylic acids is 1. The molecule has 144 valence electrons. The minimum atomic E-state index is -1.02. The number of anilines is 1. The third kappa shape index (κ3) is 4.62. The fourth-order valence-electron chi connectivity index (χ4n) is 2.73. The Kier molecular flexibility index (Phi) is 5.96. The van der Waals surface area contributed by atoms with Crippen LogP contribution in [0.5, 0.6) is 0 Å². The van der Waals surface area contributed by atoms with Crippen molar-refractivity contribution in [3.8, 4) is 17.4 Å². The van der Waals surface area contributed by atoms with Crippen molar-refractivity contribution in [2.24, 2.45) is 0 Å². The van der Waals surface area contributed by atoms with E-state index in [0.717, 1.165) is 4.47 Å². The van der Waals surface area contributed by atoms with Crippen molar-refractivity contribution in [3.05, 3.63) is 81.5 Å². The molecule has 2 N–H and O–H groups in total. The molecule has 1 heterocycles. The van der Waals surface area contributed by atoms with Gasteiger partial charge in [-0.25, -0.2) is 4.79 Å². The molecule has 0 atom stereocenters. The van der Waals surface area contributed by atoms with Gasteiger partial charge in [0.2, 0.25) is 0 Å². The van der Waals surface area contributed by atoms with Crippen LogP contribution in [0.1, 0.15) is 21.7 Å². The third-order valence-electron chi connectivity index (χ3n) is 4.21. The van der Waals surface area contributed by atoms with E-state index >= 15 is 0 Å². The number of carbonyl (C=O) groups is 2. The summed E-state index contributed by atoms with van der Waals surface area (Å²) in [4.78, 5) is 23.7. The molecular formula is C22H15BrN2O4. The molecule has 0 radical (unpaired) electrons. The maximum Gasteiger partial charge on any atom is 0.335 e. The van der Waals surface area contributed by atoms with Crippen molar-refractivity contribution in [1.82, 2.24) is 0 Å². The maximum atomic E-state index is 12.4. The average Bonchev–Trinajstić information content (AvgIpc) is 3.16. The van der Waals surface area contributed by atoms with Gasteiger partial charge in [0.1, 0.15) is 23.2 Å². The summed E-state index contributed by atoms with van der Waals surface area (Å²) in [7, 11) is 0. The highest BCUT2D eigenvalue weighted by molar-refractivity contribution is 9.10. The van der Waals surface area contributed by atoms with Crippen LogP contribution in [-0.4, -0.2) is 17.0 Å². The Morgan fingerprint density at radius 1 is 1.14 bits per heavy atom. The SMILES string of the molecule is Cc1c(C(=O)O)cccc1-c1ccc(/C=C(/C#N)C(=O)Nc2ccc(Br)cc2)o1. The molecule has 1 amide bonds. The lowest BCUT2D eigenvalue weighted by Gasteiger charge is -2.06. The van der Waals surface area contributed by atoms with Gasteiger partial charge in [0.05, 0.1) is 5.56 Å². The van der Waals surface area contributed by atoms with E-state index in [1.54, 1.807) is 55.5 Å². The van der Waals surface area contributed by atoms with E-state index in [9.17, 15) is 20.0 Å². The van der Waals surface area contributed by atoms with Crippen LogP contribution in [0.3, 0.4) is 0 Å². The monoisotopic (exact) mass is 450 g/mol. The minimum Gasteiger partial charge on any atom is -0.478 e. The Morgan fingerprint density at radius 3 is 2.52 bits per heavy atom. The first-order valence-corrected chi connectivity index (χ1v) is 9.30. The van der Waals surface area contributed by atoms with Crippen LogP contribution in [0.4, 0.5) is 5.69 Å². The summed E-state index contributed by atoms with van der Waals surface area (Å²) in [5, 5.41) is 21.3. The number of halogens is 1. The largest absolute Gasteiger partial charge is 0.478 e. The number of furan rings is 1. The number of nitrogens with zero attached hydrogens (tertiary/aromatic N) is 1. The molecule has 0 aliphatic rings. The van der Waals surface area contributed by atoms with Crippen LogP contribution in [0.15, 0.2) is 69.1 Å². The number of nitrogens with one attached hydrogen (secondary N) is 1. The number of amides is 1. The number of hydrogen-bond donors (Lipinski definition) is 2. The van der Waals surface area contributed by atoms with Gasteiger partial charge in [0, 0.05) is 21.8 Å². The van der Waals surface area contributed by atoms with Crippen LogP contribution in [0.2, 0.25) is 0 Å². The fraction of sp³-hybridized carbons (Fsp3) is 0.0455. The summed E-state index contributed by atoms with van der Waals surface area (Å²) >= 11 is 3.32. The summed E-state index contributed by atoms with van der Waals surface area (Å²) in [6, 6.07) is 17.0. The predicted molar refractivity (Wildman–Crippen MR) is 112 cm³/mol. The predicted octanol–water partition coefficient (Wildman–Crippen LogP) is 5.26. The van der Waals surface area contributed by atoms with Gasteiger partial charge in [-0.2, -0.15) is 5.26 Å². The lowest BCUT2D eigenvalue weighted by Crippen LogP contribution is -2.13. The Labute approximate surface area is 175 Å². The number of benzene rings is 2. The zero-order chi connectivity index (χ0) is 21.0. The van der Waals surface area contributed by atoms with Crippen LogP contribution in [-0.2, 0) is 4.79 Å². The molecule has 6 nitrogen and oxygen atoms in total. The van der Waals surface area contributed by atoms with Crippen LogP contribution < -0.4 is 5.32 Å². The van der Waals surface area contributed by atoms with Crippen molar-refractivity contribution >= 4 is 39.6 Å². The van der Waals surface area contributed by atoms with E-state index in [0.29, 0.717) is 28.3 Å². The van der Waals surface area contributed by atoms with E-state index in [1.807, 2.05) is 6.07 Å². The van der Waals surface area contributed by atoms with Gasteiger partial charge >= 0.3 is 5.97 Å². The third-order valence-corrected chi connectivity index (χ3v) is 4.74. The second-order valence-electron chi connectivity index (χ2n) is 6.12. The van der Waals surface area contributed by atoms with E-state index in [4.69, 9.17) is 4.42 Å². The lowest BCUT2D eigenvalue weighted by molar-refractivity contribution is -0.112. The molecule has 0 saturated carbocycles. The van der Waals surface area contributed by atoms with E-state index in [1.165, 1.54) is 12.1 Å². The molecule has 0 spiro atoms. The molecule has 0 aliphatic heterocycles. The van der Waals surface area contributed by atoms with Crippen molar-refractivity contribution in [2.45, 2.75) is 6.92 Å². The average molecular weight is 451 g/mol. The molecule has 0 bridgehead atoms. The van der Waals surface area contributed by atoms with Gasteiger partial charge in [-0.05, 0) is 55.0 Å². The number of carboxylic acids is 1. The minimum absolute atomic E-state index is 0.121. The molecule has 0 fully saturated rings. The number of hydrogen-bond acceptors (Lipinski definition) is 4. The first kappa shape index (κ1) is 20.1. The second kappa shape index (κ2) is 8.59. The smallest absolute Gasteiger partial charge is 0.335 e. The second-order valence-corrected chi connectivity index (χ2v) is 7.03. The Hall–Kier alpha value is -3.63. The van der Waals surface area contributed by atoms with Gasteiger partial charge in [-0.1, -0.05) is 28.1 Å². The first-order valence-electron chi connectivity index (χ1n) is 8.51. The lowest BCUT2D eigenvalue weighted by atomic mass is 10.0. The molecule has 29 heavy (non-hydrogen) atoms. The van der Waals surface area contributed by atoms with E-state index in [-0.39, 0.29) is 11.1 Å². The summed E-state index contributed by atoms with van der Waals surface area (Å²) < 4.78 is 6.60. The molecule has 1 aromatic heterocycles. The number of nitriles is 1. The molecule has 3 rings (SSSR count). The quantitative estimate of drug-likeness (QED) is 0.407. The van der Waals surface area contributed by atoms with Gasteiger partial charge in [-0.15, -0.1) is 0 Å². The van der Waals surface area contributed by atoms with Gasteiger partial charge < -0.3 is 14.8 Å². The zero-order valence-corrected chi connectivity index (χ0v) is 16.9. The summed E-state index contributed by atoms with van der Waals surface area (Å²) in [6.07, 6.45) is 1.34. The standard InChI is InChI=1S/C22H15BrN2O4/c1-13-18(3-2-4-19(13)22(27)28)20-10-9-17(29-20)11-14(12-24)21(26)25-16-7-5-15(23)6-8-16/h2-11H,1H3,(H,25,26)(H,27,28)/b14-11-. The summed E-state index contributed by atoms with van der Waals surface area (Å²) in [6.45, 7) is 1.70. The molecule has 2 aromatic carbocycles. The van der Waals surface area contributed by atoms with Crippen molar-refractivity contribution < 1.29 is 19.1 Å². The van der Waals surface area contributed by atoms with Crippen molar-refractivity contribution in [3.63, 3.8) is 0 Å². The normalized spacial score (nSPS) is 11.0. The molecule has 7 heteroatoms. The number of carbonyl (C=O) groups excluding carboxylic acids is 1. The Morgan fingerprint density at radius 2 is 1.86 bits per heavy atom. The van der Waals surface area contributed by atoms with Crippen molar-refractivity contribution in [2.75, 3.05) is 5.32 Å². The summed E-state index contributed by atoms with van der Waals surface area (Å²) in [5.41, 5.74) is 1.81. The molecule has 0 aliphatic carbocycles. The number of carboxylic acid groups (broad SMARTS) is 1. The molecule has 3 aromatic rings. The van der Waals surface area contributed by atoms with E-state index in [2.05, 4.69) is 21.2 Å². The molecule has 0 unspecified atom stereocenters. The van der Waals surface area contributed by atoms with Crippen molar-refractivity contribution in [1.29, 1.82) is 5.26 Å². The zero-order valence-electron chi connectivity index (χ0n) is 15.3. The van der Waals surface area contributed by atoms with Crippen LogP contribution in [0.25, 0.3) is 17.4 Å². The Bertz CT molecular complexity index is 1150. The molecule has 0 saturated heterocycles. The Balaban J connectivity index is 1.85. The topological polar surface area (TPSA) is 103 Å². The van der Waals surface area contributed by atoms with Crippen LogP contribution in [0, 0.1) is 18.3 Å². The summed E-state index contributed by atoms with van der Waals surface area (Å²) in [5.74, 6) is -0.825. The van der Waals surface area contributed by atoms with Gasteiger partial charge in [0.25, 0.3) is 5.91 Å². The maximum absolute atomic E-state index is 12.4. The highest BCUT2D eigenvalue weighted by Crippen LogP contribution is 2.28. The van der Waals surface area contributed by atoms with Gasteiger partial charge in [-0.3, -0.25) is 4.79 Å². The number of rotatable bonds is 5. The van der Waals surface area contributed by atoms with Crippen LogP contribution >= 0.6 is 15.9 Å². The van der Waals surface area contributed by atoms with Gasteiger partial charge in [0.15, 0.2) is 0 Å². The highest BCUT2D eigenvalue weighted by Gasteiger charge is 2.15. The first-order chi connectivity index (χ1) is 13.9.